The number of benzene rings is 2. The number of nitrogens with one attached hydrogen (secondary N) is 3. The first-order valence-corrected chi connectivity index (χ1v) is 14.4. The van der Waals surface area contributed by atoms with Crippen molar-refractivity contribution in [3.63, 3.8) is 0 Å². The molecule has 9 N–H and O–H groups in total. The fourth-order valence-electron chi connectivity index (χ4n) is 3.91. The number of carboxylic acids is 1. The molecule has 4 unspecified atom stereocenters. The van der Waals surface area contributed by atoms with Crippen LogP contribution in [0.1, 0.15) is 30.4 Å². The number of phenols is 1. The largest absolute Gasteiger partial charge is 0.508 e. The van der Waals surface area contributed by atoms with Gasteiger partial charge in [0, 0.05) is 12.8 Å². The Morgan fingerprint density at radius 3 is 1.93 bits per heavy atom. The van der Waals surface area contributed by atoms with Crippen LogP contribution in [-0.2, 0) is 36.8 Å². The van der Waals surface area contributed by atoms with Crippen molar-refractivity contribution in [1.82, 2.24) is 16.0 Å². The van der Waals surface area contributed by atoms with Gasteiger partial charge in [-0.1, -0.05) is 42.5 Å². The zero-order valence-corrected chi connectivity index (χ0v) is 23.6. The highest BCUT2D eigenvalue weighted by molar-refractivity contribution is 7.98. The molecule has 2 rings (SSSR count). The van der Waals surface area contributed by atoms with E-state index in [1.807, 2.05) is 0 Å². The molecule has 0 spiro atoms. The number of thioether (sulfide) groups is 1. The van der Waals surface area contributed by atoms with Gasteiger partial charge in [-0.15, -0.1) is 0 Å². The predicted octanol–water partition coefficient (Wildman–Crippen LogP) is 0.0623. The SMILES string of the molecule is CSCCC(NC(=O)C(CCC(N)=O)NC(=O)C(Cc1ccccc1)NC(=O)C(N)Cc1ccc(O)cc1)C(=O)O. The first-order valence-electron chi connectivity index (χ1n) is 13.0. The van der Waals surface area contributed by atoms with Crippen LogP contribution in [0.4, 0.5) is 0 Å². The summed E-state index contributed by atoms with van der Waals surface area (Å²) in [6.07, 6.45) is 1.75. The second kappa shape index (κ2) is 16.9. The molecule has 2 aromatic rings. The summed E-state index contributed by atoms with van der Waals surface area (Å²) < 4.78 is 0. The van der Waals surface area contributed by atoms with E-state index in [-0.39, 0.29) is 37.9 Å². The van der Waals surface area contributed by atoms with Crippen LogP contribution in [0.3, 0.4) is 0 Å². The van der Waals surface area contributed by atoms with Crippen molar-refractivity contribution < 1.29 is 34.2 Å². The minimum atomic E-state index is -1.29. The van der Waals surface area contributed by atoms with Crippen molar-refractivity contribution in [3.8, 4) is 5.75 Å². The number of primary amides is 1. The lowest BCUT2D eigenvalue weighted by molar-refractivity contribution is -0.142. The van der Waals surface area contributed by atoms with Crippen LogP contribution in [0, 0.1) is 0 Å². The van der Waals surface area contributed by atoms with Gasteiger partial charge in [0.25, 0.3) is 0 Å². The number of phenolic OH excluding ortho intramolecular Hbond substituents is 1. The lowest BCUT2D eigenvalue weighted by atomic mass is 10.0. The highest BCUT2D eigenvalue weighted by Gasteiger charge is 2.30. The summed E-state index contributed by atoms with van der Waals surface area (Å²) in [6.45, 7) is 0. The third-order valence-corrected chi connectivity index (χ3v) is 6.83. The molecular weight excluding hydrogens is 550 g/mol. The molecule has 0 saturated heterocycles. The van der Waals surface area contributed by atoms with Crippen LogP contribution in [-0.4, -0.2) is 76.0 Å². The average molecular weight is 588 g/mol. The van der Waals surface area contributed by atoms with Gasteiger partial charge in [0.1, 0.15) is 23.9 Å². The summed E-state index contributed by atoms with van der Waals surface area (Å²) in [5, 5.41) is 26.6. The monoisotopic (exact) mass is 587 g/mol. The van der Waals surface area contributed by atoms with Gasteiger partial charge in [-0.05, 0) is 54.5 Å². The molecule has 0 fully saturated rings. The fourth-order valence-corrected chi connectivity index (χ4v) is 4.38. The van der Waals surface area contributed by atoms with Gasteiger partial charge < -0.3 is 37.6 Å². The van der Waals surface area contributed by atoms with Gasteiger partial charge in [-0.25, -0.2) is 4.79 Å². The van der Waals surface area contributed by atoms with Crippen LogP contribution in [0.25, 0.3) is 0 Å². The van der Waals surface area contributed by atoms with E-state index in [0.29, 0.717) is 11.3 Å². The minimum absolute atomic E-state index is 0.0694. The van der Waals surface area contributed by atoms with E-state index < -0.39 is 53.8 Å². The third kappa shape index (κ3) is 11.9. The molecule has 12 nitrogen and oxygen atoms in total. The van der Waals surface area contributed by atoms with E-state index in [2.05, 4.69) is 16.0 Å². The molecule has 4 amide bonds. The molecule has 2 aromatic carbocycles. The standard InChI is InChI=1S/C28H37N5O7S/c1-41-14-13-22(28(39)40)32-26(37)21(11-12-24(30)35)31-27(38)23(16-17-5-3-2-4-6-17)33-25(36)20(29)15-18-7-9-19(34)10-8-18/h2-10,20-23,34H,11-16,29H2,1H3,(H2,30,35)(H,31,38)(H,32,37)(H,33,36)(H,39,40). The number of hydrogen-bond acceptors (Lipinski definition) is 8. The summed E-state index contributed by atoms with van der Waals surface area (Å²) in [6, 6.07) is 10.4. The number of aliphatic carboxylic acids is 1. The molecule has 0 radical (unpaired) electrons. The molecule has 41 heavy (non-hydrogen) atoms. The van der Waals surface area contributed by atoms with Crippen molar-refractivity contribution in [2.75, 3.05) is 12.0 Å². The predicted molar refractivity (Wildman–Crippen MR) is 155 cm³/mol. The lowest BCUT2D eigenvalue weighted by Crippen LogP contribution is -2.58. The van der Waals surface area contributed by atoms with E-state index in [1.54, 1.807) is 48.7 Å². The van der Waals surface area contributed by atoms with Crippen LogP contribution >= 0.6 is 11.8 Å². The van der Waals surface area contributed by atoms with Crippen molar-refractivity contribution in [2.45, 2.75) is 56.3 Å². The normalized spacial score (nSPS) is 13.7. The molecule has 4 atom stereocenters. The van der Waals surface area contributed by atoms with E-state index in [1.165, 1.54) is 23.9 Å². The van der Waals surface area contributed by atoms with Gasteiger partial charge in [0.2, 0.25) is 23.6 Å². The lowest BCUT2D eigenvalue weighted by Gasteiger charge is -2.25. The number of rotatable bonds is 17. The van der Waals surface area contributed by atoms with Crippen molar-refractivity contribution in [1.29, 1.82) is 0 Å². The number of amides is 4. The quantitative estimate of drug-likeness (QED) is 0.133. The van der Waals surface area contributed by atoms with E-state index in [9.17, 15) is 34.2 Å². The van der Waals surface area contributed by atoms with E-state index >= 15 is 0 Å². The van der Waals surface area contributed by atoms with Gasteiger partial charge in [0.05, 0.1) is 6.04 Å². The third-order valence-electron chi connectivity index (χ3n) is 6.18. The first-order chi connectivity index (χ1) is 19.5. The number of carbonyl (C=O) groups is 5. The van der Waals surface area contributed by atoms with Crippen LogP contribution in [0.15, 0.2) is 54.6 Å². The fraction of sp³-hybridized carbons (Fsp3) is 0.393. The van der Waals surface area contributed by atoms with Gasteiger partial charge in [-0.2, -0.15) is 11.8 Å². The minimum Gasteiger partial charge on any atom is -0.508 e. The Morgan fingerprint density at radius 2 is 1.34 bits per heavy atom. The van der Waals surface area contributed by atoms with Crippen LogP contribution < -0.4 is 27.4 Å². The Bertz CT molecular complexity index is 1180. The Labute approximate surface area is 242 Å². The molecule has 0 bridgehead atoms. The number of carbonyl (C=O) groups excluding carboxylic acids is 4. The van der Waals surface area contributed by atoms with Crippen molar-refractivity contribution in [2.24, 2.45) is 11.5 Å². The number of carboxylic acid groups (broad SMARTS) is 1. The molecular formula is C28H37N5O7S. The maximum atomic E-state index is 13.4. The smallest absolute Gasteiger partial charge is 0.326 e. The Morgan fingerprint density at radius 1 is 0.780 bits per heavy atom. The summed E-state index contributed by atoms with van der Waals surface area (Å²) in [4.78, 5) is 62.6. The van der Waals surface area contributed by atoms with Crippen LogP contribution in [0.2, 0.25) is 0 Å². The molecule has 13 heteroatoms. The van der Waals surface area contributed by atoms with E-state index in [4.69, 9.17) is 11.5 Å². The molecule has 0 aliphatic heterocycles. The highest BCUT2D eigenvalue weighted by atomic mass is 32.2. The zero-order valence-electron chi connectivity index (χ0n) is 22.7. The van der Waals surface area contributed by atoms with Gasteiger partial charge in [0.15, 0.2) is 0 Å². The summed E-state index contributed by atoms with van der Waals surface area (Å²) >= 11 is 1.41. The van der Waals surface area contributed by atoms with Gasteiger partial charge >= 0.3 is 5.97 Å². The molecule has 0 aromatic heterocycles. The van der Waals surface area contributed by atoms with Gasteiger partial charge in [-0.3, -0.25) is 19.2 Å². The van der Waals surface area contributed by atoms with Crippen molar-refractivity contribution >= 4 is 41.4 Å². The molecule has 222 valence electrons. The molecule has 0 saturated carbocycles. The highest BCUT2D eigenvalue weighted by Crippen LogP contribution is 2.12. The number of aromatic hydroxyl groups is 1. The zero-order chi connectivity index (χ0) is 30.4. The Hall–Kier alpha value is -4.10. The summed E-state index contributed by atoms with van der Waals surface area (Å²) in [5.74, 6) is -3.52. The second-order valence-corrected chi connectivity index (χ2v) is 10.5. The number of hydrogen-bond donors (Lipinski definition) is 7. The Kier molecular flexibility index (Phi) is 13.6. The average Bonchev–Trinajstić information content (AvgIpc) is 2.94. The summed E-state index contributed by atoms with van der Waals surface area (Å²) in [5.41, 5.74) is 12.8. The first kappa shape index (κ1) is 33.1. The maximum Gasteiger partial charge on any atom is 0.326 e. The molecule has 0 heterocycles. The number of nitrogens with two attached hydrogens (primary N) is 2. The molecule has 0 aliphatic carbocycles. The van der Waals surface area contributed by atoms with E-state index in [0.717, 1.165) is 5.56 Å². The van der Waals surface area contributed by atoms with Crippen LogP contribution in [0.5, 0.6) is 5.75 Å². The maximum absolute atomic E-state index is 13.4. The Balaban J connectivity index is 2.22. The second-order valence-electron chi connectivity index (χ2n) is 9.48. The van der Waals surface area contributed by atoms with Crippen molar-refractivity contribution in [3.05, 3.63) is 65.7 Å². The summed E-state index contributed by atoms with van der Waals surface area (Å²) in [7, 11) is 0. The topological polar surface area (TPSA) is 214 Å². The molecule has 0 aliphatic rings.